The number of hydrogen-bond donors (Lipinski definition) is 1. The van der Waals surface area contributed by atoms with Crippen molar-refractivity contribution in [3.63, 3.8) is 0 Å². The molecule has 1 aromatic carbocycles. The Morgan fingerprint density at radius 2 is 2.00 bits per heavy atom. The minimum absolute atomic E-state index is 0.112. The average molecular weight is 310 g/mol. The zero-order chi connectivity index (χ0) is 15.2. The third kappa shape index (κ3) is 3.71. The van der Waals surface area contributed by atoms with Gasteiger partial charge in [0.05, 0.1) is 11.9 Å². The molecule has 110 valence electrons. The number of hydrogen-bond acceptors (Lipinski definition) is 5. The lowest BCUT2D eigenvalue weighted by Gasteiger charge is -2.06. The van der Waals surface area contributed by atoms with Gasteiger partial charge in [-0.3, -0.25) is 4.98 Å². The second kappa shape index (κ2) is 6.87. The largest absolute Gasteiger partial charge is 0.505 e. The Kier molecular flexibility index (Phi) is 4.46. The van der Waals surface area contributed by atoms with Gasteiger partial charge in [0, 0.05) is 17.7 Å². The number of ether oxygens (including phenoxy) is 1. The number of pyridine rings is 1. The van der Waals surface area contributed by atoms with E-state index in [-0.39, 0.29) is 5.76 Å². The number of nitrogens with zero attached hydrogens (tertiary/aromatic N) is 2. The van der Waals surface area contributed by atoms with E-state index in [1.807, 2.05) is 41.8 Å². The van der Waals surface area contributed by atoms with Gasteiger partial charge in [0.25, 0.3) is 0 Å². The molecule has 3 rings (SSSR count). The third-order valence-corrected chi connectivity index (χ3v) is 3.74. The molecule has 0 saturated heterocycles. The fourth-order valence-corrected chi connectivity index (χ4v) is 2.41. The molecule has 0 saturated carbocycles. The SMILES string of the molecule is OC(=Cc1ccc(OCc2ccccc2)cn1)c1nccs1. The number of aromatic nitrogens is 2. The van der Waals surface area contributed by atoms with Crippen LogP contribution in [-0.2, 0) is 6.61 Å². The van der Waals surface area contributed by atoms with Gasteiger partial charge in [-0.25, -0.2) is 4.98 Å². The first-order valence-electron chi connectivity index (χ1n) is 6.74. The summed E-state index contributed by atoms with van der Waals surface area (Å²) >= 11 is 1.38. The van der Waals surface area contributed by atoms with Crippen LogP contribution < -0.4 is 4.74 Å². The molecular weight excluding hydrogens is 296 g/mol. The molecule has 2 aromatic heterocycles. The van der Waals surface area contributed by atoms with E-state index in [1.54, 1.807) is 24.5 Å². The highest BCUT2D eigenvalue weighted by Gasteiger charge is 2.03. The van der Waals surface area contributed by atoms with Crippen LogP contribution in [0.1, 0.15) is 16.3 Å². The Bertz CT molecular complexity index is 738. The molecule has 0 aliphatic rings. The van der Waals surface area contributed by atoms with Crippen molar-refractivity contribution in [2.75, 3.05) is 0 Å². The molecule has 0 radical (unpaired) electrons. The van der Waals surface area contributed by atoms with E-state index in [0.717, 1.165) is 5.56 Å². The van der Waals surface area contributed by atoms with Crippen LogP contribution >= 0.6 is 11.3 Å². The van der Waals surface area contributed by atoms with Crippen molar-refractivity contribution >= 4 is 23.2 Å². The van der Waals surface area contributed by atoms with Crippen LogP contribution in [0.4, 0.5) is 0 Å². The Labute approximate surface area is 132 Å². The molecular formula is C17H14N2O2S. The van der Waals surface area contributed by atoms with Crippen molar-refractivity contribution in [1.82, 2.24) is 9.97 Å². The number of rotatable bonds is 5. The molecule has 0 spiro atoms. The van der Waals surface area contributed by atoms with Crippen molar-refractivity contribution < 1.29 is 9.84 Å². The number of benzene rings is 1. The van der Waals surface area contributed by atoms with E-state index in [1.165, 1.54) is 11.3 Å². The number of aliphatic hydroxyl groups excluding tert-OH is 1. The lowest BCUT2D eigenvalue weighted by molar-refractivity contribution is 0.305. The summed E-state index contributed by atoms with van der Waals surface area (Å²) in [5, 5.41) is 12.3. The minimum Gasteiger partial charge on any atom is -0.505 e. The Hall–Kier alpha value is -2.66. The first kappa shape index (κ1) is 14.3. The van der Waals surface area contributed by atoms with Crippen LogP contribution in [0.5, 0.6) is 5.75 Å². The van der Waals surface area contributed by atoms with Gasteiger partial charge in [0.15, 0.2) is 10.8 Å². The summed E-state index contributed by atoms with van der Waals surface area (Å²) in [7, 11) is 0. The summed E-state index contributed by atoms with van der Waals surface area (Å²) < 4.78 is 5.67. The standard InChI is InChI=1S/C17H14N2O2S/c20-16(17-18-8-9-22-17)10-14-6-7-15(11-19-14)21-12-13-4-2-1-3-5-13/h1-11,20H,12H2. The van der Waals surface area contributed by atoms with E-state index in [9.17, 15) is 5.11 Å². The normalized spacial score (nSPS) is 11.4. The molecule has 0 atom stereocenters. The Morgan fingerprint density at radius 1 is 1.14 bits per heavy atom. The predicted octanol–water partition coefficient (Wildman–Crippen LogP) is 4.17. The van der Waals surface area contributed by atoms with Crippen LogP contribution in [-0.4, -0.2) is 15.1 Å². The summed E-state index contributed by atoms with van der Waals surface area (Å²) in [6.07, 6.45) is 4.88. The van der Waals surface area contributed by atoms with Crippen molar-refractivity contribution in [3.05, 3.63) is 76.5 Å². The maximum atomic E-state index is 9.92. The highest BCUT2D eigenvalue weighted by Crippen LogP contribution is 2.18. The van der Waals surface area contributed by atoms with Gasteiger partial charge in [-0.1, -0.05) is 30.3 Å². The van der Waals surface area contributed by atoms with E-state index < -0.39 is 0 Å². The molecule has 0 fully saturated rings. The second-order valence-corrected chi connectivity index (χ2v) is 5.45. The van der Waals surface area contributed by atoms with E-state index >= 15 is 0 Å². The van der Waals surface area contributed by atoms with Gasteiger partial charge in [-0.2, -0.15) is 0 Å². The van der Waals surface area contributed by atoms with E-state index in [2.05, 4.69) is 9.97 Å². The molecule has 4 nitrogen and oxygen atoms in total. The van der Waals surface area contributed by atoms with Crippen molar-refractivity contribution in [3.8, 4) is 5.75 Å². The van der Waals surface area contributed by atoms with Gasteiger partial charge in [0.2, 0.25) is 0 Å². The van der Waals surface area contributed by atoms with Gasteiger partial charge in [0.1, 0.15) is 12.4 Å². The average Bonchev–Trinajstić information content (AvgIpc) is 3.10. The minimum atomic E-state index is 0.112. The number of thiazole rings is 1. The quantitative estimate of drug-likeness (QED) is 0.718. The fraction of sp³-hybridized carbons (Fsp3) is 0.0588. The Balaban J connectivity index is 1.64. The van der Waals surface area contributed by atoms with Crippen LogP contribution in [0.3, 0.4) is 0 Å². The van der Waals surface area contributed by atoms with Crippen molar-refractivity contribution in [2.24, 2.45) is 0 Å². The smallest absolute Gasteiger partial charge is 0.158 e. The maximum absolute atomic E-state index is 9.92. The zero-order valence-electron chi connectivity index (χ0n) is 11.7. The van der Waals surface area contributed by atoms with Crippen molar-refractivity contribution in [2.45, 2.75) is 6.61 Å². The molecule has 0 unspecified atom stereocenters. The molecule has 0 aliphatic heterocycles. The predicted molar refractivity (Wildman–Crippen MR) is 87.6 cm³/mol. The highest BCUT2D eigenvalue weighted by atomic mass is 32.1. The molecule has 1 N–H and O–H groups in total. The molecule has 0 bridgehead atoms. The summed E-state index contributed by atoms with van der Waals surface area (Å²) in [6.45, 7) is 0.502. The van der Waals surface area contributed by atoms with Crippen LogP contribution in [0.2, 0.25) is 0 Å². The van der Waals surface area contributed by atoms with E-state index in [0.29, 0.717) is 23.1 Å². The second-order valence-electron chi connectivity index (χ2n) is 4.56. The molecule has 3 aromatic rings. The third-order valence-electron chi connectivity index (χ3n) is 2.94. The first-order valence-corrected chi connectivity index (χ1v) is 7.62. The van der Waals surface area contributed by atoms with Crippen LogP contribution in [0.15, 0.2) is 60.2 Å². The first-order chi connectivity index (χ1) is 10.8. The fourth-order valence-electron chi connectivity index (χ4n) is 1.86. The Morgan fingerprint density at radius 3 is 2.68 bits per heavy atom. The molecule has 0 amide bonds. The molecule has 2 heterocycles. The maximum Gasteiger partial charge on any atom is 0.158 e. The monoisotopic (exact) mass is 310 g/mol. The molecule has 5 heteroatoms. The topological polar surface area (TPSA) is 55.2 Å². The summed E-state index contributed by atoms with van der Waals surface area (Å²) in [4.78, 5) is 8.30. The lowest BCUT2D eigenvalue weighted by Crippen LogP contribution is -1.95. The summed E-state index contributed by atoms with van der Waals surface area (Å²) in [6, 6.07) is 13.6. The lowest BCUT2D eigenvalue weighted by atomic mass is 10.2. The van der Waals surface area contributed by atoms with Gasteiger partial charge < -0.3 is 9.84 Å². The van der Waals surface area contributed by atoms with Gasteiger partial charge >= 0.3 is 0 Å². The van der Waals surface area contributed by atoms with Gasteiger partial charge in [-0.15, -0.1) is 11.3 Å². The molecule has 22 heavy (non-hydrogen) atoms. The number of aliphatic hydroxyl groups is 1. The van der Waals surface area contributed by atoms with E-state index in [4.69, 9.17) is 4.74 Å². The highest BCUT2D eigenvalue weighted by molar-refractivity contribution is 7.10. The summed E-state index contributed by atoms with van der Waals surface area (Å²) in [5.74, 6) is 0.801. The van der Waals surface area contributed by atoms with Gasteiger partial charge in [-0.05, 0) is 17.7 Å². The van der Waals surface area contributed by atoms with Crippen LogP contribution in [0, 0.1) is 0 Å². The zero-order valence-corrected chi connectivity index (χ0v) is 12.5. The van der Waals surface area contributed by atoms with Crippen LogP contribution in [0.25, 0.3) is 11.8 Å². The summed E-state index contributed by atoms with van der Waals surface area (Å²) in [5.41, 5.74) is 1.76. The van der Waals surface area contributed by atoms with Crippen molar-refractivity contribution in [1.29, 1.82) is 0 Å². The molecule has 0 aliphatic carbocycles.